The maximum absolute atomic E-state index is 14.3. The lowest BCUT2D eigenvalue weighted by Gasteiger charge is -2.35. The zero-order chi connectivity index (χ0) is 36.4. The van der Waals surface area contributed by atoms with Gasteiger partial charge in [-0.25, -0.2) is 13.2 Å². The number of aromatic nitrogens is 1. The van der Waals surface area contributed by atoms with Crippen LogP contribution >= 0.6 is 0 Å². The van der Waals surface area contributed by atoms with E-state index in [9.17, 15) is 23.1 Å². The van der Waals surface area contributed by atoms with Crippen LogP contribution in [0, 0.1) is 18.8 Å². The van der Waals surface area contributed by atoms with Gasteiger partial charge in [0.1, 0.15) is 6.04 Å². The number of nitrogens with one attached hydrogen (secondary N) is 1. The quantitative estimate of drug-likeness (QED) is 0.108. The number of sulfonamides is 1. The summed E-state index contributed by atoms with van der Waals surface area (Å²) in [4.78, 5) is 35.6. The van der Waals surface area contributed by atoms with E-state index in [4.69, 9.17) is 5.21 Å². The monoisotopic (exact) mass is 706 g/mol. The van der Waals surface area contributed by atoms with Crippen LogP contribution in [0.15, 0.2) is 83.1 Å². The van der Waals surface area contributed by atoms with Gasteiger partial charge < -0.3 is 25.4 Å². The molecule has 13 heteroatoms. The van der Waals surface area contributed by atoms with Crippen LogP contribution in [0.3, 0.4) is 0 Å². The molecule has 4 atom stereocenters. The molecule has 0 saturated carbocycles. The molecule has 0 radical (unpaired) electrons. The Morgan fingerprint density at radius 2 is 1.76 bits per heavy atom. The summed E-state index contributed by atoms with van der Waals surface area (Å²) in [6.45, 7) is 10.7. The first-order chi connectivity index (χ1) is 23.8. The number of pyridine rings is 1. The first-order valence-electron chi connectivity index (χ1n) is 17.1. The summed E-state index contributed by atoms with van der Waals surface area (Å²) in [5.41, 5.74) is 3.35. The molecule has 12 nitrogen and oxygen atoms in total. The second-order valence-electron chi connectivity index (χ2n) is 13.4. The molecule has 3 aromatic rings. The summed E-state index contributed by atoms with van der Waals surface area (Å²) in [7, 11) is -4.06. The molecule has 0 bridgehead atoms. The molecule has 2 heterocycles. The number of aliphatic hydroxyl groups excluding tert-OH is 1. The Morgan fingerprint density at radius 3 is 2.38 bits per heavy atom. The average molecular weight is 707 g/mol. The SMILES string of the molecule is CCC(C)C(C(=O)N[C@@H](Cc1ccccc1)[C@H](O)CN(CC(C)C)S(=O)(=O)c1ccc(/C=N/O)cc1)N1CCN(Cc2cnccc2C)C1=O. The molecule has 50 heavy (non-hydrogen) atoms. The number of carbonyl (C=O) groups is 2. The predicted octanol–water partition coefficient (Wildman–Crippen LogP) is 4.29. The molecular formula is C37H50N6O6S. The van der Waals surface area contributed by atoms with E-state index in [2.05, 4.69) is 15.5 Å². The molecule has 2 unspecified atom stereocenters. The number of amides is 3. The van der Waals surface area contributed by atoms with Crippen molar-refractivity contribution in [3.8, 4) is 0 Å². The van der Waals surface area contributed by atoms with Crippen molar-refractivity contribution in [2.24, 2.45) is 17.0 Å². The van der Waals surface area contributed by atoms with Crippen molar-refractivity contribution >= 4 is 28.2 Å². The molecule has 1 aliphatic rings. The van der Waals surface area contributed by atoms with Crippen molar-refractivity contribution in [1.82, 2.24) is 24.4 Å². The minimum Gasteiger partial charge on any atom is -0.411 e. The Bertz CT molecular complexity index is 1700. The van der Waals surface area contributed by atoms with Crippen molar-refractivity contribution in [2.45, 2.75) is 77.1 Å². The van der Waals surface area contributed by atoms with Gasteiger partial charge in [0.25, 0.3) is 0 Å². The number of aliphatic hydroxyl groups is 1. The van der Waals surface area contributed by atoms with Crippen LogP contribution in [0.4, 0.5) is 4.79 Å². The van der Waals surface area contributed by atoms with Gasteiger partial charge in [0, 0.05) is 45.1 Å². The molecule has 4 rings (SSSR count). The molecule has 1 fully saturated rings. The Kier molecular flexibility index (Phi) is 13.5. The van der Waals surface area contributed by atoms with Crippen LogP contribution in [-0.2, 0) is 27.8 Å². The van der Waals surface area contributed by atoms with Crippen molar-refractivity contribution in [1.29, 1.82) is 0 Å². The number of benzene rings is 2. The zero-order valence-electron chi connectivity index (χ0n) is 29.5. The highest BCUT2D eigenvalue weighted by atomic mass is 32.2. The van der Waals surface area contributed by atoms with Crippen molar-refractivity contribution in [3.63, 3.8) is 0 Å². The lowest BCUT2D eigenvalue weighted by atomic mass is 9.95. The summed E-state index contributed by atoms with van der Waals surface area (Å²) >= 11 is 0. The molecule has 3 N–H and O–H groups in total. The Morgan fingerprint density at radius 1 is 1.06 bits per heavy atom. The summed E-state index contributed by atoms with van der Waals surface area (Å²) in [5, 5.41) is 26.7. The molecule has 2 aromatic carbocycles. The van der Waals surface area contributed by atoms with Crippen LogP contribution in [0.25, 0.3) is 0 Å². The third-order valence-corrected chi connectivity index (χ3v) is 11.0. The summed E-state index contributed by atoms with van der Waals surface area (Å²) in [6, 6.07) is 15.3. The van der Waals surface area contributed by atoms with Gasteiger partial charge in [0.05, 0.1) is 23.3 Å². The molecule has 0 aliphatic carbocycles. The fraction of sp³-hybridized carbons (Fsp3) is 0.459. The lowest BCUT2D eigenvalue weighted by molar-refractivity contribution is -0.128. The van der Waals surface area contributed by atoms with Crippen molar-refractivity contribution in [2.75, 3.05) is 26.2 Å². The normalized spacial score (nSPS) is 16.3. The van der Waals surface area contributed by atoms with Crippen LogP contribution in [0.2, 0.25) is 0 Å². The number of aryl methyl sites for hydroxylation is 1. The van der Waals surface area contributed by atoms with Gasteiger partial charge >= 0.3 is 6.03 Å². The summed E-state index contributed by atoms with van der Waals surface area (Å²) in [6.07, 6.45) is 4.26. The second-order valence-corrected chi connectivity index (χ2v) is 15.4. The first kappa shape index (κ1) is 38.5. The fourth-order valence-corrected chi connectivity index (χ4v) is 7.80. The van der Waals surface area contributed by atoms with Gasteiger partial charge in [0.2, 0.25) is 15.9 Å². The van der Waals surface area contributed by atoms with E-state index in [0.29, 0.717) is 31.6 Å². The first-order valence-corrected chi connectivity index (χ1v) is 18.5. The van der Waals surface area contributed by atoms with Crippen LogP contribution in [0.1, 0.15) is 56.4 Å². The summed E-state index contributed by atoms with van der Waals surface area (Å²) < 4.78 is 29.0. The Hall–Kier alpha value is -4.33. The number of oxime groups is 1. The van der Waals surface area contributed by atoms with E-state index < -0.39 is 34.1 Å². The highest BCUT2D eigenvalue weighted by Gasteiger charge is 2.41. The minimum absolute atomic E-state index is 0.0273. The third-order valence-electron chi connectivity index (χ3n) is 9.20. The van der Waals surface area contributed by atoms with Gasteiger partial charge in [-0.1, -0.05) is 81.7 Å². The fourth-order valence-electron chi connectivity index (χ4n) is 6.18. The van der Waals surface area contributed by atoms with E-state index in [1.807, 2.05) is 71.0 Å². The molecule has 1 aliphatic heterocycles. The number of rotatable bonds is 17. The van der Waals surface area contributed by atoms with Gasteiger partial charge in [-0.3, -0.25) is 9.78 Å². The van der Waals surface area contributed by atoms with Crippen LogP contribution in [-0.4, -0.2) is 100 Å². The second kappa shape index (κ2) is 17.6. The number of hydrogen-bond acceptors (Lipinski definition) is 8. The molecule has 0 spiro atoms. The molecule has 270 valence electrons. The highest BCUT2D eigenvalue weighted by Crippen LogP contribution is 2.24. The van der Waals surface area contributed by atoms with E-state index in [0.717, 1.165) is 16.7 Å². The maximum atomic E-state index is 14.3. The van der Waals surface area contributed by atoms with Crippen molar-refractivity contribution in [3.05, 3.63) is 95.3 Å². The van der Waals surface area contributed by atoms with Gasteiger partial charge in [-0.2, -0.15) is 4.31 Å². The van der Waals surface area contributed by atoms with Gasteiger partial charge in [0.15, 0.2) is 0 Å². The maximum Gasteiger partial charge on any atom is 0.321 e. The smallest absolute Gasteiger partial charge is 0.321 e. The Labute approximate surface area is 295 Å². The largest absolute Gasteiger partial charge is 0.411 e. The lowest BCUT2D eigenvalue weighted by Crippen LogP contribution is -2.57. The molecular weight excluding hydrogens is 657 g/mol. The topological polar surface area (TPSA) is 156 Å². The number of nitrogens with zero attached hydrogens (tertiary/aromatic N) is 5. The van der Waals surface area contributed by atoms with Gasteiger partial charge in [-0.05, 0) is 65.6 Å². The summed E-state index contributed by atoms with van der Waals surface area (Å²) in [5.74, 6) is -0.647. The minimum atomic E-state index is -4.06. The van der Waals surface area contributed by atoms with Crippen LogP contribution in [0.5, 0.6) is 0 Å². The third kappa shape index (κ3) is 9.67. The van der Waals surface area contributed by atoms with E-state index in [-0.39, 0.29) is 42.3 Å². The van der Waals surface area contributed by atoms with Crippen LogP contribution < -0.4 is 5.32 Å². The average Bonchev–Trinajstić information content (AvgIpc) is 3.44. The van der Waals surface area contributed by atoms with E-state index in [1.165, 1.54) is 34.8 Å². The highest BCUT2D eigenvalue weighted by molar-refractivity contribution is 7.89. The number of carbonyl (C=O) groups excluding carboxylic acids is 2. The van der Waals surface area contributed by atoms with E-state index in [1.54, 1.807) is 22.2 Å². The van der Waals surface area contributed by atoms with Gasteiger partial charge in [-0.15, -0.1) is 0 Å². The van der Waals surface area contributed by atoms with E-state index >= 15 is 0 Å². The predicted molar refractivity (Wildman–Crippen MR) is 192 cm³/mol. The standard InChI is InChI=1S/C37H50N6O6S/c1-6-27(4)35(43-19-18-41(37(43)46)24-31-22-38-17-16-28(31)5)36(45)40-33(20-29-10-8-7-9-11-29)34(44)25-42(23-26(2)3)50(48,49)32-14-12-30(13-15-32)21-39-47/h7-17,21-22,26-27,33-35,44,47H,6,18-20,23-25H2,1-5H3,(H,40,45)/b39-21+/t27?,33-,34+,35?/m0/s1. The molecule has 3 amide bonds. The number of hydrogen-bond donors (Lipinski definition) is 3. The zero-order valence-corrected chi connectivity index (χ0v) is 30.3. The molecule has 1 saturated heterocycles. The van der Waals surface area contributed by atoms with Crippen molar-refractivity contribution < 1.29 is 28.3 Å². The number of urea groups is 1. The molecule has 1 aromatic heterocycles. The Balaban J connectivity index is 1.59.